The van der Waals surface area contributed by atoms with Gasteiger partial charge in [-0.05, 0) is 12.5 Å². The first kappa shape index (κ1) is 24.0. The number of nitrogens with zero attached hydrogens (tertiary/aromatic N) is 6. The maximum atomic E-state index is 12.6. The number of amides is 1. The van der Waals surface area contributed by atoms with Gasteiger partial charge in [-0.1, -0.05) is 6.92 Å². The fraction of sp³-hybridized carbons (Fsp3) is 0.684. The van der Waals surface area contributed by atoms with Crippen LogP contribution in [0.1, 0.15) is 19.8 Å². The molecule has 3 rings (SSSR count). The van der Waals surface area contributed by atoms with Crippen LogP contribution in [0.15, 0.2) is 23.5 Å². The lowest BCUT2D eigenvalue weighted by molar-refractivity contribution is -0.131. The van der Waals surface area contributed by atoms with E-state index in [0.717, 1.165) is 43.8 Å². The minimum atomic E-state index is 0. The number of halogens is 1. The molecular weight excluding hydrogens is 501 g/mol. The summed E-state index contributed by atoms with van der Waals surface area (Å²) >= 11 is 2.04. The van der Waals surface area contributed by atoms with Crippen molar-refractivity contribution in [2.75, 3.05) is 63.5 Å². The molecule has 0 aromatic carbocycles. The minimum Gasteiger partial charge on any atom is -0.356 e. The van der Waals surface area contributed by atoms with Crippen molar-refractivity contribution in [1.29, 1.82) is 0 Å². The lowest BCUT2D eigenvalue weighted by Crippen LogP contribution is -2.51. The summed E-state index contributed by atoms with van der Waals surface area (Å²) in [6, 6.07) is 1.81. The molecule has 1 unspecified atom stereocenters. The maximum Gasteiger partial charge on any atom is 0.225 e. The van der Waals surface area contributed by atoms with Crippen molar-refractivity contribution < 1.29 is 4.79 Å². The Bertz CT molecular complexity index is 655. The predicted octanol–water partition coefficient (Wildman–Crippen LogP) is 1.54. The summed E-state index contributed by atoms with van der Waals surface area (Å²) in [5.41, 5.74) is 0. The van der Waals surface area contributed by atoms with Crippen LogP contribution in [-0.2, 0) is 4.79 Å². The van der Waals surface area contributed by atoms with Crippen molar-refractivity contribution in [2.24, 2.45) is 4.99 Å². The van der Waals surface area contributed by atoms with Crippen LogP contribution in [0.4, 0.5) is 5.95 Å². The molecule has 2 aliphatic rings. The number of rotatable bonds is 5. The van der Waals surface area contributed by atoms with Gasteiger partial charge in [0.15, 0.2) is 5.96 Å². The van der Waals surface area contributed by atoms with Gasteiger partial charge < -0.3 is 20.0 Å². The Balaban J connectivity index is 0.00000300. The van der Waals surface area contributed by atoms with Crippen molar-refractivity contribution in [3.8, 4) is 0 Å². The van der Waals surface area contributed by atoms with Crippen LogP contribution in [0.5, 0.6) is 0 Å². The number of carbonyl (C=O) groups is 1. The topological polar surface area (TPSA) is 77.0 Å². The van der Waals surface area contributed by atoms with Crippen LogP contribution in [-0.4, -0.2) is 95.5 Å². The van der Waals surface area contributed by atoms with Gasteiger partial charge in [0.1, 0.15) is 0 Å². The van der Waals surface area contributed by atoms with E-state index in [4.69, 9.17) is 0 Å². The predicted molar refractivity (Wildman–Crippen MR) is 130 cm³/mol. The average molecular weight is 533 g/mol. The molecule has 2 fully saturated rings. The fourth-order valence-corrected chi connectivity index (χ4v) is 4.72. The molecule has 2 aliphatic heterocycles. The summed E-state index contributed by atoms with van der Waals surface area (Å²) in [4.78, 5) is 31.9. The Kier molecular flexibility index (Phi) is 10.3. The number of carbonyl (C=O) groups excluding carboxylic acids is 1. The van der Waals surface area contributed by atoms with E-state index in [1.54, 1.807) is 12.4 Å². The Hall–Kier alpha value is -1.30. The van der Waals surface area contributed by atoms with Crippen LogP contribution in [0.25, 0.3) is 0 Å². The second kappa shape index (κ2) is 12.4. The number of thioether (sulfide) groups is 1. The van der Waals surface area contributed by atoms with Gasteiger partial charge >= 0.3 is 0 Å². The van der Waals surface area contributed by atoms with Gasteiger partial charge in [0.05, 0.1) is 0 Å². The second-order valence-corrected chi connectivity index (χ2v) is 8.40. The van der Waals surface area contributed by atoms with Gasteiger partial charge in [-0.25, -0.2) is 9.97 Å². The summed E-state index contributed by atoms with van der Waals surface area (Å²) in [5, 5.41) is 4.04. The molecule has 29 heavy (non-hydrogen) atoms. The van der Waals surface area contributed by atoms with Crippen LogP contribution in [0.3, 0.4) is 0 Å². The first-order valence-electron chi connectivity index (χ1n) is 10.1. The third-order valence-electron chi connectivity index (χ3n) is 5.19. The number of nitrogens with one attached hydrogen (secondary N) is 1. The molecule has 162 valence electrons. The van der Waals surface area contributed by atoms with Crippen molar-refractivity contribution in [3.05, 3.63) is 18.5 Å². The molecule has 1 aromatic heterocycles. The molecule has 10 heteroatoms. The first-order chi connectivity index (χ1) is 13.7. The molecule has 1 aromatic rings. The average Bonchev–Trinajstić information content (AvgIpc) is 2.77. The lowest BCUT2D eigenvalue weighted by Gasteiger charge is -2.35. The summed E-state index contributed by atoms with van der Waals surface area (Å²) < 4.78 is 0. The standard InChI is InChI=1S/C19H31N7OS.HI/c1-3-16-15-26(13-14-28-16)18(20-2)23-8-5-17(27)24-9-11-25(12-10-24)19-21-6-4-7-22-19;/h4,6-7,16H,3,5,8-15H2,1-2H3,(H,20,23);1H. The molecular formula is C19H32IN7OS. The third-order valence-corrected chi connectivity index (χ3v) is 6.57. The Morgan fingerprint density at radius 1 is 1.21 bits per heavy atom. The lowest BCUT2D eigenvalue weighted by atomic mass is 10.2. The SMILES string of the molecule is CCC1CN(C(=NC)NCCC(=O)N2CCN(c3ncccn3)CC2)CCS1.I. The monoisotopic (exact) mass is 533 g/mol. The quantitative estimate of drug-likeness (QED) is 0.350. The van der Waals surface area contributed by atoms with Crippen molar-refractivity contribution in [2.45, 2.75) is 25.0 Å². The second-order valence-electron chi connectivity index (χ2n) is 6.99. The molecule has 2 saturated heterocycles. The van der Waals surface area contributed by atoms with Gasteiger partial charge in [-0.2, -0.15) is 11.8 Å². The number of anilines is 1. The van der Waals surface area contributed by atoms with Crippen LogP contribution >= 0.6 is 35.7 Å². The maximum absolute atomic E-state index is 12.6. The summed E-state index contributed by atoms with van der Waals surface area (Å²) in [6.07, 6.45) is 5.17. The normalized spacial score (nSPS) is 20.3. The van der Waals surface area contributed by atoms with Gasteiger partial charge in [0.25, 0.3) is 0 Å². The van der Waals surface area contributed by atoms with Gasteiger partial charge in [0.2, 0.25) is 11.9 Å². The van der Waals surface area contributed by atoms with Crippen LogP contribution in [0, 0.1) is 0 Å². The molecule has 0 saturated carbocycles. The molecule has 1 atom stereocenters. The highest BCUT2D eigenvalue weighted by Gasteiger charge is 2.23. The number of aromatic nitrogens is 2. The van der Waals surface area contributed by atoms with Gasteiger partial charge in [-0.15, -0.1) is 24.0 Å². The van der Waals surface area contributed by atoms with E-state index < -0.39 is 0 Å². The highest BCUT2D eigenvalue weighted by Crippen LogP contribution is 2.21. The summed E-state index contributed by atoms with van der Waals surface area (Å²) in [6.45, 7) is 7.87. The Morgan fingerprint density at radius 2 is 1.93 bits per heavy atom. The fourth-order valence-electron chi connectivity index (χ4n) is 3.54. The largest absolute Gasteiger partial charge is 0.356 e. The molecule has 1 N–H and O–H groups in total. The number of aliphatic imine (C=N–C) groups is 1. The highest BCUT2D eigenvalue weighted by molar-refractivity contribution is 14.0. The number of hydrogen-bond acceptors (Lipinski definition) is 6. The Labute approximate surface area is 194 Å². The zero-order chi connectivity index (χ0) is 19.8. The van der Waals surface area contributed by atoms with Gasteiger partial charge in [0, 0.05) is 82.7 Å². The van der Waals surface area contributed by atoms with E-state index >= 15 is 0 Å². The summed E-state index contributed by atoms with van der Waals surface area (Å²) in [7, 11) is 1.82. The number of guanidine groups is 1. The van der Waals surface area contributed by atoms with Crippen LogP contribution in [0.2, 0.25) is 0 Å². The Morgan fingerprint density at radius 3 is 2.59 bits per heavy atom. The van der Waals surface area contributed by atoms with E-state index in [1.807, 2.05) is 29.8 Å². The number of piperazine rings is 1. The zero-order valence-corrected chi connectivity index (χ0v) is 20.4. The van der Waals surface area contributed by atoms with E-state index in [9.17, 15) is 4.79 Å². The van der Waals surface area contributed by atoms with Crippen LogP contribution < -0.4 is 10.2 Å². The van der Waals surface area contributed by atoms with Gasteiger partial charge in [-0.3, -0.25) is 9.79 Å². The van der Waals surface area contributed by atoms with Crippen molar-refractivity contribution in [3.63, 3.8) is 0 Å². The van der Waals surface area contributed by atoms with E-state index in [2.05, 4.69) is 37.0 Å². The molecule has 0 spiro atoms. The highest BCUT2D eigenvalue weighted by atomic mass is 127. The van der Waals surface area contributed by atoms with Crippen molar-refractivity contribution in [1.82, 2.24) is 25.1 Å². The number of hydrogen-bond donors (Lipinski definition) is 1. The van der Waals surface area contributed by atoms with E-state index in [1.165, 1.54) is 6.42 Å². The molecule has 0 aliphatic carbocycles. The summed E-state index contributed by atoms with van der Waals surface area (Å²) in [5.74, 6) is 2.98. The molecule has 8 nitrogen and oxygen atoms in total. The van der Waals surface area contributed by atoms with E-state index in [0.29, 0.717) is 31.3 Å². The first-order valence-corrected chi connectivity index (χ1v) is 11.1. The third kappa shape index (κ3) is 6.87. The molecule has 1 amide bonds. The molecule has 0 bridgehead atoms. The van der Waals surface area contributed by atoms with E-state index in [-0.39, 0.29) is 29.9 Å². The minimum absolute atomic E-state index is 0. The molecule has 0 radical (unpaired) electrons. The van der Waals surface area contributed by atoms with Crippen molar-refractivity contribution >= 4 is 53.6 Å². The zero-order valence-electron chi connectivity index (χ0n) is 17.3. The smallest absolute Gasteiger partial charge is 0.225 e. The molecule has 3 heterocycles.